The summed E-state index contributed by atoms with van der Waals surface area (Å²) in [7, 11) is 7.70. The van der Waals surface area contributed by atoms with Gasteiger partial charge in [-0.25, -0.2) is 0 Å². The Balaban J connectivity index is 3.87. The van der Waals surface area contributed by atoms with E-state index in [2.05, 4.69) is 12.1 Å². The minimum Gasteiger partial charge on any atom is -0.379 e. The molecule has 0 radical (unpaired) electrons. The van der Waals surface area contributed by atoms with E-state index < -0.39 is 0 Å². The Morgan fingerprint density at radius 2 is 1.24 bits per heavy atom. The van der Waals surface area contributed by atoms with Gasteiger partial charge in [0.15, 0.2) is 0 Å². The van der Waals surface area contributed by atoms with Crippen molar-refractivity contribution < 1.29 is 4.74 Å². The first kappa shape index (κ1) is 15.9. The highest BCUT2D eigenvalue weighted by atomic mass is 16.5. The summed E-state index contributed by atoms with van der Waals surface area (Å²) in [5, 5.41) is 17.8. The second-order valence-corrected chi connectivity index (χ2v) is 4.71. The van der Waals surface area contributed by atoms with Gasteiger partial charge < -0.3 is 14.5 Å². The van der Waals surface area contributed by atoms with Crippen LogP contribution in [0.25, 0.3) is 0 Å². The van der Waals surface area contributed by atoms with Crippen molar-refractivity contribution >= 4 is 0 Å². The number of hydrogen-bond donors (Lipinski definition) is 0. The third-order valence-corrected chi connectivity index (χ3v) is 2.17. The fraction of sp³-hybridized carbons (Fsp3) is 0.833. The number of nitrogens with zero attached hydrogens (tertiary/aromatic N) is 4. The molecule has 0 aromatic heterocycles. The lowest BCUT2D eigenvalue weighted by Crippen LogP contribution is -2.27. The lowest BCUT2D eigenvalue weighted by Gasteiger charge is -2.17. The maximum absolute atomic E-state index is 8.91. The van der Waals surface area contributed by atoms with Crippen LogP contribution in [0, 0.1) is 34.5 Å². The van der Waals surface area contributed by atoms with Crippen LogP contribution in [0.5, 0.6) is 0 Å². The highest BCUT2D eigenvalue weighted by molar-refractivity contribution is 4.86. The summed E-state index contributed by atoms with van der Waals surface area (Å²) in [4.78, 5) is 3.91. The lowest BCUT2D eigenvalue weighted by atomic mass is 10.1. The molecule has 0 fully saturated rings. The Morgan fingerprint density at radius 3 is 1.47 bits per heavy atom. The Bertz CT molecular complexity index is 249. The zero-order valence-electron chi connectivity index (χ0n) is 11.2. The molecule has 5 nitrogen and oxygen atoms in total. The quantitative estimate of drug-likeness (QED) is 0.612. The second kappa shape index (κ2) is 8.95. The fourth-order valence-corrected chi connectivity index (χ4v) is 1.50. The van der Waals surface area contributed by atoms with Crippen LogP contribution in [0.15, 0.2) is 0 Å². The minimum absolute atomic E-state index is 0.135. The molecule has 0 amide bonds. The van der Waals surface area contributed by atoms with E-state index in [1.54, 1.807) is 0 Å². The predicted molar refractivity (Wildman–Crippen MR) is 66.1 cm³/mol. The maximum atomic E-state index is 8.91. The topological polar surface area (TPSA) is 63.3 Å². The molecule has 0 aliphatic rings. The van der Waals surface area contributed by atoms with Gasteiger partial charge in [0.05, 0.1) is 37.2 Å². The summed E-state index contributed by atoms with van der Waals surface area (Å²) in [6, 6.07) is 4.41. The van der Waals surface area contributed by atoms with Gasteiger partial charge in [-0.05, 0) is 28.2 Å². The second-order valence-electron chi connectivity index (χ2n) is 4.71. The molecule has 0 N–H and O–H groups in total. The molecule has 0 bridgehead atoms. The van der Waals surface area contributed by atoms with Crippen LogP contribution in [0.2, 0.25) is 0 Å². The number of rotatable bonds is 8. The summed E-state index contributed by atoms with van der Waals surface area (Å²) < 4.78 is 5.44. The van der Waals surface area contributed by atoms with Gasteiger partial charge in [0.1, 0.15) is 0 Å². The number of nitriles is 2. The first-order chi connectivity index (χ1) is 7.99. The van der Waals surface area contributed by atoms with Gasteiger partial charge in [0, 0.05) is 13.1 Å². The highest BCUT2D eigenvalue weighted by Crippen LogP contribution is 2.02. The van der Waals surface area contributed by atoms with E-state index in [1.807, 2.05) is 38.0 Å². The van der Waals surface area contributed by atoms with Crippen LogP contribution in [-0.4, -0.2) is 64.3 Å². The zero-order chi connectivity index (χ0) is 13.3. The molecule has 5 heteroatoms. The largest absolute Gasteiger partial charge is 0.379 e. The molecule has 0 spiro atoms. The molecule has 96 valence electrons. The first-order valence-electron chi connectivity index (χ1n) is 5.66. The third kappa shape index (κ3) is 8.65. The maximum Gasteiger partial charge on any atom is 0.0823 e. The van der Waals surface area contributed by atoms with Crippen molar-refractivity contribution in [3.63, 3.8) is 0 Å². The summed E-state index contributed by atoms with van der Waals surface area (Å²) in [6.45, 7) is 2.14. The molecule has 0 aliphatic heterocycles. The van der Waals surface area contributed by atoms with E-state index in [9.17, 15) is 0 Å². The van der Waals surface area contributed by atoms with Gasteiger partial charge in [-0.3, -0.25) is 0 Å². The molecule has 0 heterocycles. The highest BCUT2D eigenvalue weighted by Gasteiger charge is 2.12. The predicted octanol–water partition coefficient (Wildman–Crippen LogP) is 0.406. The van der Waals surface area contributed by atoms with Crippen LogP contribution in [0.3, 0.4) is 0 Å². The molecule has 2 atom stereocenters. The Kier molecular flexibility index (Phi) is 8.35. The van der Waals surface area contributed by atoms with Crippen molar-refractivity contribution in [1.82, 2.24) is 9.80 Å². The third-order valence-electron chi connectivity index (χ3n) is 2.17. The molecule has 0 rings (SSSR count). The van der Waals surface area contributed by atoms with Crippen molar-refractivity contribution in [2.75, 3.05) is 54.5 Å². The summed E-state index contributed by atoms with van der Waals surface area (Å²) >= 11 is 0. The number of ether oxygens (including phenoxy) is 1. The molecule has 0 saturated heterocycles. The fourth-order valence-electron chi connectivity index (χ4n) is 1.50. The molecule has 2 unspecified atom stereocenters. The van der Waals surface area contributed by atoms with Crippen molar-refractivity contribution in [3.05, 3.63) is 0 Å². The van der Waals surface area contributed by atoms with E-state index in [0.717, 1.165) is 0 Å². The van der Waals surface area contributed by atoms with Crippen molar-refractivity contribution in [2.45, 2.75) is 0 Å². The van der Waals surface area contributed by atoms with Crippen molar-refractivity contribution in [1.29, 1.82) is 10.5 Å². The van der Waals surface area contributed by atoms with E-state index in [-0.39, 0.29) is 11.8 Å². The van der Waals surface area contributed by atoms with Gasteiger partial charge in [-0.15, -0.1) is 0 Å². The number of hydrogen-bond acceptors (Lipinski definition) is 5. The minimum atomic E-state index is -0.135. The van der Waals surface area contributed by atoms with Gasteiger partial charge in [-0.2, -0.15) is 10.5 Å². The van der Waals surface area contributed by atoms with Crippen LogP contribution in [0.4, 0.5) is 0 Å². The van der Waals surface area contributed by atoms with Crippen LogP contribution >= 0.6 is 0 Å². The summed E-state index contributed by atoms with van der Waals surface area (Å²) in [5.41, 5.74) is 0. The standard InChI is InChI=1S/C12H22N4O/c1-15(2)7-11(5-13)9-17-10-12(6-14)8-16(3)4/h11-12H,7-10H2,1-4H3. The molecule has 17 heavy (non-hydrogen) atoms. The van der Waals surface area contributed by atoms with E-state index in [0.29, 0.717) is 26.3 Å². The van der Waals surface area contributed by atoms with Crippen molar-refractivity contribution in [2.24, 2.45) is 11.8 Å². The van der Waals surface area contributed by atoms with E-state index in [4.69, 9.17) is 15.3 Å². The normalized spacial score (nSPS) is 14.4. The monoisotopic (exact) mass is 238 g/mol. The Labute approximate surface area is 104 Å². The first-order valence-corrected chi connectivity index (χ1v) is 5.66. The molecule has 0 aliphatic carbocycles. The Morgan fingerprint density at radius 1 is 0.882 bits per heavy atom. The SMILES string of the molecule is CN(C)CC(C#N)COCC(C#N)CN(C)C. The zero-order valence-corrected chi connectivity index (χ0v) is 11.2. The average molecular weight is 238 g/mol. The smallest absolute Gasteiger partial charge is 0.0823 e. The molecule has 0 saturated carbocycles. The lowest BCUT2D eigenvalue weighted by molar-refractivity contribution is 0.0829. The van der Waals surface area contributed by atoms with Crippen LogP contribution < -0.4 is 0 Å². The summed E-state index contributed by atoms with van der Waals surface area (Å²) in [6.07, 6.45) is 0. The van der Waals surface area contributed by atoms with Gasteiger partial charge in [-0.1, -0.05) is 0 Å². The molecule has 0 aromatic carbocycles. The van der Waals surface area contributed by atoms with E-state index in [1.165, 1.54) is 0 Å². The molecular weight excluding hydrogens is 216 g/mol. The van der Waals surface area contributed by atoms with Gasteiger partial charge >= 0.3 is 0 Å². The average Bonchev–Trinajstić information content (AvgIpc) is 2.25. The van der Waals surface area contributed by atoms with Gasteiger partial charge in [0.25, 0.3) is 0 Å². The Hall–Kier alpha value is -1.14. The van der Waals surface area contributed by atoms with Gasteiger partial charge in [0.2, 0.25) is 0 Å². The van der Waals surface area contributed by atoms with E-state index >= 15 is 0 Å². The molecule has 0 aromatic rings. The van der Waals surface area contributed by atoms with Crippen LogP contribution in [0.1, 0.15) is 0 Å². The van der Waals surface area contributed by atoms with Crippen LogP contribution in [-0.2, 0) is 4.74 Å². The van der Waals surface area contributed by atoms with Crippen molar-refractivity contribution in [3.8, 4) is 12.1 Å². The molecular formula is C12H22N4O. The summed E-state index contributed by atoms with van der Waals surface area (Å²) in [5.74, 6) is -0.271.